The van der Waals surface area contributed by atoms with E-state index >= 15 is 0 Å². The largest absolute Gasteiger partial charge is 0.469 e. The number of nitrogens with zero attached hydrogens (tertiary/aromatic N) is 5. The third-order valence-electron chi connectivity index (χ3n) is 4.80. The van der Waals surface area contributed by atoms with E-state index in [1.165, 1.54) is 0 Å². The maximum atomic E-state index is 12.7. The predicted octanol–water partition coefficient (Wildman–Crippen LogP) is 3.65. The second kappa shape index (κ2) is 8.12. The van der Waals surface area contributed by atoms with Crippen molar-refractivity contribution in [1.82, 2.24) is 24.5 Å². The second-order valence-corrected chi connectivity index (χ2v) is 7.54. The number of hydrogen-bond acceptors (Lipinski definition) is 4. The van der Waals surface area contributed by atoms with Crippen molar-refractivity contribution in [2.24, 2.45) is 0 Å². The van der Waals surface area contributed by atoms with Gasteiger partial charge >= 0.3 is 0 Å². The van der Waals surface area contributed by atoms with Crippen LogP contribution < -0.4 is 0 Å². The first-order valence-electron chi connectivity index (χ1n) is 8.89. The fraction of sp³-hybridized carbons (Fsp3) is 0.421. The summed E-state index contributed by atoms with van der Waals surface area (Å²) in [6.45, 7) is 6.44. The van der Waals surface area contributed by atoms with E-state index in [1.807, 2.05) is 44.6 Å². The van der Waals surface area contributed by atoms with Gasteiger partial charge in [0.25, 0.3) is 5.91 Å². The number of aromatic nitrogens is 4. The fourth-order valence-electron chi connectivity index (χ4n) is 2.88. The summed E-state index contributed by atoms with van der Waals surface area (Å²) < 4.78 is 9.93. The van der Waals surface area contributed by atoms with Gasteiger partial charge in [0.15, 0.2) is 0 Å². The highest BCUT2D eigenvalue weighted by Gasteiger charge is 2.20. The van der Waals surface area contributed by atoms with Crippen LogP contribution >= 0.6 is 15.9 Å². The van der Waals surface area contributed by atoms with Gasteiger partial charge in [0.05, 0.1) is 22.1 Å². The van der Waals surface area contributed by atoms with Crippen molar-refractivity contribution < 1.29 is 9.21 Å². The van der Waals surface area contributed by atoms with Gasteiger partial charge < -0.3 is 9.32 Å². The number of hydrogen-bond donors (Lipinski definition) is 0. The molecule has 1 amide bonds. The molecule has 3 rings (SSSR count). The summed E-state index contributed by atoms with van der Waals surface area (Å²) >= 11 is 3.53. The van der Waals surface area contributed by atoms with Crippen LogP contribution in [0.3, 0.4) is 0 Å². The summed E-state index contributed by atoms with van der Waals surface area (Å²) in [6.07, 6.45) is 5.10. The van der Waals surface area contributed by atoms with E-state index in [-0.39, 0.29) is 11.9 Å². The molecule has 0 fully saturated rings. The molecule has 0 spiro atoms. The van der Waals surface area contributed by atoms with Crippen molar-refractivity contribution in [1.29, 1.82) is 0 Å². The molecule has 0 saturated carbocycles. The Morgan fingerprint density at radius 2 is 2.11 bits per heavy atom. The molecule has 0 saturated heterocycles. The minimum atomic E-state index is -0.0877. The highest BCUT2D eigenvalue weighted by atomic mass is 79.9. The maximum absolute atomic E-state index is 12.7. The van der Waals surface area contributed by atoms with Crippen molar-refractivity contribution in [3.63, 3.8) is 0 Å². The average Bonchev–Trinajstić information content (AvgIpc) is 3.38. The van der Waals surface area contributed by atoms with Crippen LogP contribution in [0.15, 0.2) is 39.5 Å². The number of aryl methyl sites for hydroxylation is 2. The number of furan rings is 1. The normalized spacial score (nSPS) is 12.3. The monoisotopic (exact) mass is 433 g/mol. The SMILES string of the molecule is Cc1nn(Cn2ccc(C(=O)N(C)C(C)CCc3ccco3)n2)c(C)c1Br. The van der Waals surface area contributed by atoms with E-state index in [2.05, 4.69) is 26.1 Å². The minimum absolute atomic E-state index is 0.0831. The lowest BCUT2D eigenvalue weighted by Crippen LogP contribution is -2.35. The molecule has 1 atom stereocenters. The highest BCUT2D eigenvalue weighted by Crippen LogP contribution is 2.19. The summed E-state index contributed by atoms with van der Waals surface area (Å²) in [4.78, 5) is 14.5. The van der Waals surface area contributed by atoms with Gasteiger partial charge in [-0.3, -0.25) is 9.48 Å². The van der Waals surface area contributed by atoms with Gasteiger partial charge in [0.1, 0.15) is 18.1 Å². The Morgan fingerprint density at radius 3 is 2.74 bits per heavy atom. The molecule has 144 valence electrons. The van der Waals surface area contributed by atoms with Crippen molar-refractivity contribution >= 4 is 21.8 Å². The topological polar surface area (TPSA) is 69.1 Å². The van der Waals surface area contributed by atoms with Gasteiger partial charge in [0.2, 0.25) is 0 Å². The number of halogens is 1. The fourth-order valence-corrected chi connectivity index (χ4v) is 3.17. The molecule has 0 aromatic carbocycles. The van der Waals surface area contributed by atoms with E-state index in [9.17, 15) is 4.79 Å². The number of carbonyl (C=O) groups is 1. The van der Waals surface area contributed by atoms with Crippen LogP contribution in [0.2, 0.25) is 0 Å². The van der Waals surface area contributed by atoms with Crippen LogP contribution in [0.1, 0.15) is 41.0 Å². The van der Waals surface area contributed by atoms with E-state index < -0.39 is 0 Å². The molecule has 8 heteroatoms. The Hall–Kier alpha value is -2.35. The number of carbonyl (C=O) groups excluding carboxylic acids is 1. The zero-order valence-corrected chi connectivity index (χ0v) is 17.6. The Labute approximate surface area is 167 Å². The van der Waals surface area contributed by atoms with Crippen molar-refractivity contribution in [3.05, 3.63) is 58.0 Å². The molecule has 3 aromatic heterocycles. The van der Waals surface area contributed by atoms with Gasteiger partial charge in [0, 0.05) is 25.7 Å². The number of amides is 1. The summed E-state index contributed by atoms with van der Waals surface area (Å²) in [5, 5.41) is 8.91. The summed E-state index contributed by atoms with van der Waals surface area (Å²) in [7, 11) is 1.81. The zero-order valence-electron chi connectivity index (χ0n) is 16.0. The van der Waals surface area contributed by atoms with Crippen LogP contribution in [0, 0.1) is 13.8 Å². The molecule has 1 unspecified atom stereocenters. The zero-order chi connectivity index (χ0) is 19.6. The van der Waals surface area contributed by atoms with Gasteiger partial charge in [-0.2, -0.15) is 10.2 Å². The van der Waals surface area contributed by atoms with Crippen molar-refractivity contribution in [2.75, 3.05) is 7.05 Å². The molecular formula is C19H24BrN5O2. The molecule has 3 aromatic rings. The third-order valence-corrected chi connectivity index (χ3v) is 5.95. The molecule has 0 radical (unpaired) electrons. The summed E-state index contributed by atoms with van der Waals surface area (Å²) in [5.74, 6) is 0.846. The lowest BCUT2D eigenvalue weighted by molar-refractivity contribution is 0.0729. The first-order chi connectivity index (χ1) is 12.9. The Balaban J connectivity index is 1.62. The van der Waals surface area contributed by atoms with Gasteiger partial charge in [-0.15, -0.1) is 0 Å². The molecule has 0 aliphatic rings. The molecule has 0 bridgehead atoms. The van der Waals surface area contributed by atoms with Crippen LogP contribution in [0.5, 0.6) is 0 Å². The van der Waals surface area contributed by atoms with Gasteiger partial charge in [-0.25, -0.2) is 4.68 Å². The van der Waals surface area contributed by atoms with E-state index in [1.54, 1.807) is 28.1 Å². The van der Waals surface area contributed by atoms with Gasteiger partial charge in [-0.05, 0) is 61.3 Å². The lowest BCUT2D eigenvalue weighted by atomic mass is 10.1. The summed E-state index contributed by atoms with van der Waals surface area (Å²) in [6, 6.07) is 5.66. The third kappa shape index (κ3) is 4.32. The van der Waals surface area contributed by atoms with Crippen LogP contribution in [-0.4, -0.2) is 43.5 Å². The first kappa shape index (κ1) is 19.4. The lowest BCUT2D eigenvalue weighted by Gasteiger charge is -2.23. The predicted molar refractivity (Wildman–Crippen MR) is 106 cm³/mol. The molecular weight excluding hydrogens is 410 g/mol. The van der Waals surface area contributed by atoms with E-state index in [4.69, 9.17) is 4.42 Å². The molecule has 0 aliphatic heterocycles. The highest BCUT2D eigenvalue weighted by molar-refractivity contribution is 9.10. The van der Waals surface area contributed by atoms with E-state index in [0.717, 1.165) is 34.5 Å². The molecule has 0 aliphatic carbocycles. The second-order valence-electron chi connectivity index (χ2n) is 6.75. The molecule has 3 heterocycles. The Kier molecular flexibility index (Phi) is 5.84. The molecule has 27 heavy (non-hydrogen) atoms. The smallest absolute Gasteiger partial charge is 0.274 e. The van der Waals surface area contributed by atoms with Crippen LogP contribution in [0.25, 0.3) is 0 Å². The van der Waals surface area contributed by atoms with Crippen LogP contribution in [-0.2, 0) is 13.1 Å². The standard InChI is InChI=1S/C19H24BrN5O2/c1-13(7-8-16-6-5-11-27-16)23(4)19(26)17-9-10-24(22-17)12-25-15(3)18(20)14(2)21-25/h5-6,9-11,13H,7-8,12H2,1-4H3. The quantitative estimate of drug-likeness (QED) is 0.569. The Bertz CT molecular complexity index is 913. The maximum Gasteiger partial charge on any atom is 0.274 e. The molecule has 7 nitrogen and oxygen atoms in total. The van der Waals surface area contributed by atoms with Crippen molar-refractivity contribution in [2.45, 2.75) is 46.3 Å². The van der Waals surface area contributed by atoms with E-state index in [0.29, 0.717) is 12.4 Å². The minimum Gasteiger partial charge on any atom is -0.469 e. The number of rotatable bonds is 7. The average molecular weight is 434 g/mol. The van der Waals surface area contributed by atoms with Gasteiger partial charge in [-0.1, -0.05) is 0 Å². The Morgan fingerprint density at radius 1 is 1.33 bits per heavy atom. The van der Waals surface area contributed by atoms with Crippen molar-refractivity contribution in [3.8, 4) is 0 Å². The molecule has 0 N–H and O–H groups in total. The van der Waals surface area contributed by atoms with Crippen LogP contribution in [0.4, 0.5) is 0 Å². The summed E-state index contributed by atoms with van der Waals surface area (Å²) in [5.41, 5.74) is 2.39. The first-order valence-corrected chi connectivity index (χ1v) is 9.68.